The van der Waals surface area contributed by atoms with Gasteiger partial charge in [-0.3, -0.25) is 0 Å². The highest BCUT2D eigenvalue weighted by molar-refractivity contribution is 7.19. The van der Waals surface area contributed by atoms with Crippen LogP contribution in [0.15, 0.2) is 42.6 Å². The highest BCUT2D eigenvalue weighted by atomic mass is 32.1. The largest absolute Gasteiger partial charge is 0.494 e. The Morgan fingerprint density at radius 1 is 1.28 bits per heavy atom. The number of rotatable bonds is 5. The fourth-order valence-electron chi connectivity index (χ4n) is 2.16. The predicted molar refractivity (Wildman–Crippen MR) is 105 cm³/mol. The highest BCUT2D eigenvalue weighted by Gasteiger charge is 2.03. The second-order valence-corrected chi connectivity index (χ2v) is 6.38. The van der Waals surface area contributed by atoms with Gasteiger partial charge in [-0.15, -0.1) is 11.3 Å². The Balaban J connectivity index is 1.69. The van der Waals surface area contributed by atoms with Gasteiger partial charge in [0.05, 0.1) is 16.8 Å². The van der Waals surface area contributed by atoms with Gasteiger partial charge in [0, 0.05) is 18.8 Å². The van der Waals surface area contributed by atoms with Crippen LogP contribution in [0.4, 0.5) is 5.82 Å². The second-order valence-electron chi connectivity index (χ2n) is 5.31. The van der Waals surface area contributed by atoms with E-state index in [0.29, 0.717) is 0 Å². The first-order chi connectivity index (χ1) is 12.3. The summed E-state index contributed by atoms with van der Waals surface area (Å²) in [6.45, 7) is 2.83. The summed E-state index contributed by atoms with van der Waals surface area (Å²) < 4.78 is 6.78. The van der Waals surface area contributed by atoms with Crippen LogP contribution in [0.2, 0.25) is 0 Å². The molecule has 1 N–H and O–H groups in total. The molecule has 126 valence electrons. The van der Waals surface area contributed by atoms with Crippen molar-refractivity contribution in [1.29, 1.82) is 0 Å². The number of aromatic nitrogens is 2. The zero-order valence-corrected chi connectivity index (χ0v) is 15.1. The van der Waals surface area contributed by atoms with Crippen molar-refractivity contribution in [3.8, 4) is 17.6 Å². The van der Waals surface area contributed by atoms with E-state index in [1.54, 1.807) is 17.5 Å². The number of thiazole rings is 1. The number of anilines is 1. The zero-order valence-electron chi connectivity index (χ0n) is 14.2. The lowest BCUT2D eigenvalue weighted by Gasteiger charge is -2.02. The van der Waals surface area contributed by atoms with Crippen LogP contribution >= 0.6 is 11.3 Å². The molecule has 5 heteroatoms. The number of nitrogens with zero attached hydrogens (tertiary/aromatic N) is 2. The van der Waals surface area contributed by atoms with E-state index in [1.165, 1.54) is 0 Å². The SMILES string of the molecule is CCCOc1ccc2nc(/C=C/C#Cc3ccc(NC)nc3)sc2c1. The maximum atomic E-state index is 5.66. The van der Waals surface area contributed by atoms with Crippen molar-refractivity contribution < 1.29 is 4.74 Å². The first-order valence-electron chi connectivity index (χ1n) is 8.14. The van der Waals surface area contributed by atoms with Crippen molar-refractivity contribution in [3.05, 3.63) is 53.2 Å². The maximum Gasteiger partial charge on any atom is 0.125 e. The van der Waals surface area contributed by atoms with Crippen molar-refractivity contribution in [3.63, 3.8) is 0 Å². The molecule has 0 fully saturated rings. The third-order valence-electron chi connectivity index (χ3n) is 3.39. The van der Waals surface area contributed by atoms with Crippen molar-refractivity contribution in [2.24, 2.45) is 0 Å². The summed E-state index contributed by atoms with van der Waals surface area (Å²) in [5.74, 6) is 7.81. The van der Waals surface area contributed by atoms with Crippen LogP contribution in [0.25, 0.3) is 16.3 Å². The van der Waals surface area contributed by atoms with Crippen LogP contribution in [-0.2, 0) is 0 Å². The van der Waals surface area contributed by atoms with Crippen LogP contribution in [0.3, 0.4) is 0 Å². The van der Waals surface area contributed by atoms with E-state index in [-0.39, 0.29) is 0 Å². The number of hydrogen-bond donors (Lipinski definition) is 1. The van der Waals surface area contributed by atoms with Crippen LogP contribution < -0.4 is 10.1 Å². The molecule has 4 nitrogen and oxygen atoms in total. The standard InChI is InChI=1S/C20H19N3OS/c1-3-12-24-16-9-10-17-18(13-16)25-20(23-17)7-5-4-6-15-8-11-19(21-2)22-14-15/h5,7-11,13-14H,3,12H2,1-2H3,(H,21,22)/b7-5+. The van der Waals surface area contributed by atoms with Crippen LogP contribution in [0.1, 0.15) is 23.9 Å². The van der Waals surface area contributed by atoms with E-state index in [4.69, 9.17) is 4.74 Å². The van der Waals surface area contributed by atoms with Crippen LogP contribution in [-0.4, -0.2) is 23.6 Å². The summed E-state index contributed by atoms with van der Waals surface area (Å²) in [4.78, 5) is 8.82. The van der Waals surface area contributed by atoms with Gasteiger partial charge in [-0.05, 0) is 48.9 Å². The number of pyridine rings is 1. The molecule has 1 aromatic carbocycles. The average molecular weight is 349 g/mol. The van der Waals surface area contributed by atoms with E-state index < -0.39 is 0 Å². The summed E-state index contributed by atoms with van der Waals surface area (Å²) in [6.07, 6.45) is 6.50. The third-order valence-corrected chi connectivity index (χ3v) is 4.38. The number of benzene rings is 1. The molecule has 0 spiro atoms. The molecule has 0 unspecified atom stereocenters. The molecule has 0 saturated heterocycles. The van der Waals surface area contributed by atoms with Gasteiger partial charge in [0.15, 0.2) is 0 Å². The maximum absolute atomic E-state index is 5.66. The van der Waals surface area contributed by atoms with E-state index in [2.05, 4.69) is 34.0 Å². The van der Waals surface area contributed by atoms with Gasteiger partial charge in [-0.1, -0.05) is 18.8 Å². The first-order valence-corrected chi connectivity index (χ1v) is 8.95. The fourth-order valence-corrected chi connectivity index (χ4v) is 3.06. The van der Waals surface area contributed by atoms with Crippen LogP contribution in [0, 0.1) is 11.8 Å². The second kappa shape index (κ2) is 8.32. The summed E-state index contributed by atoms with van der Waals surface area (Å²) in [5.41, 5.74) is 1.86. The minimum atomic E-state index is 0.733. The number of ether oxygens (including phenoxy) is 1. The van der Waals surface area contributed by atoms with Crippen molar-refractivity contribution in [2.45, 2.75) is 13.3 Å². The minimum Gasteiger partial charge on any atom is -0.494 e. The van der Waals surface area contributed by atoms with Crippen LogP contribution in [0.5, 0.6) is 5.75 Å². The van der Waals surface area contributed by atoms with Gasteiger partial charge in [0.1, 0.15) is 16.6 Å². The van der Waals surface area contributed by atoms with E-state index in [9.17, 15) is 0 Å². The molecule has 0 aliphatic carbocycles. The Hall–Kier alpha value is -2.84. The smallest absolute Gasteiger partial charge is 0.125 e. The summed E-state index contributed by atoms with van der Waals surface area (Å²) in [7, 11) is 1.84. The molecule has 0 amide bonds. The molecule has 0 saturated carbocycles. The van der Waals surface area contributed by atoms with Gasteiger partial charge in [0.2, 0.25) is 0 Å². The highest BCUT2D eigenvalue weighted by Crippen LogP contribution is 2.27. The molecule has 0 atom stereocenters. The van der Waals surface area contributed by atoms with Crippen molar-refractivity contribution in [1.82, 2.24) is 9.97 Å². The molecular formula is C20H19N3OS. The first kappa shape index (κ1) is 17.0. The third kappa shape index (κ3) is 4.59. The van der Waals surface area contributed by atoms with Gasteiger partial charge < -0.3 is 10.1 Å². The lowest BCUT2D eigenvalue weighted by Crippen LogP contribution is -1.93. The van der Waals surface area contributed by atoms with Crippen molar-refractivity contribution in [2.75, 3.05) is 19.0 Å². The fraction of sp³-hybridized carbons (Fsp3) is 0.200. The Morgan fingerprint density at radius 2 is 2.20 bits per heavy atom. The topological polar surface area (TPSA) is 47.0 Å². The molecule has 25 heavy (non-hydrogen) atoms. The molecule has 0 bridgehead atoms. The molecule has 0 radical (unpaired) electrons. The average Bonchev–Trinajstić information content (AvgIpc) is 3.06. The molecular weight excluding hydrogens is 330 g/mol. The van der Waals surface area contributed by atoms with E-state index in [1.807, 2.05) is 49.5 Å². The monoisotopic (exact) mass is 349 g/mol. The molecule has 0 aliphatic heterocycles. The van der Waals surface area contributed by atoms with E-state index >= 15 is 0 Å². The lowest BCUT2D eigenvalue weighted by atomic mass is 10.3. The number of nitrogens with one attached hydrogen (secondary N) is 1. The lowest BCUT2D eigenvalue weighted by molar-refractivity contribution is 0.318. The van der Waals surface area contributed by atoms with Crippen molar-refractivity contribution >= 4 is 33.4 Å². The quantitative estimate of drug-likeness (QED) is 0.685. The minimum absolute atomic E-state index is 0.733. The van der Waals surface area contributed by atoms with Gasteiger partial charge in [-0.2, -0.15) is 0 Å². The Bertz CT molecular complexity index is 933. The number of fused-ring (bicyclic) bond motifs is 1. The number of hydrogen-bond acceptors (Lipinski definition) is 5. The summed E-state index contributed by atoms with van der Waals surface area (Å²) in [6, 6.07) is 9.84. The normalized spacial score (nSPS) is 10.6. The summed E-state index contributed by atoms with van der Waals surface area (Å²) in [5, 5.41) is 3.91. The van der Waals surface area contributed by atoms with Gasteiger partial charge in [-0.25, -0.2) is 9.97 Å². The number of allylic oxidation sites excluding steroid dienone is 1. The van der Waals surface area contributed by atoms with Gasteiger partial charge in [0.25, 0.3) is 0 Å². The Labute approximate surface area is 151 Å². The molecule has 3 rings (SSSR count). The molecule has 2 aromatic heterocycles. The summed E-state index contributed by atoms with van der Waals surface area (Å²) >= 11 is 1.63. The Kier molecular flexibility index (Phi) is 5.65. The van der Waals surface area contributed by atoms with E-state index in [0.717, 1.165) is 45.4 Å². The molecule has 0 aliphatic rings. The molecule has 2 heterocycles. The zero-order chi connectivity index (χ0) is 17.5. The predicted octanol–water partition coefficient (Wildman–Crippen LogP) is 4.59. The Morgan fingerprint density at radius 3 is 2.96 bits per heavy atom. The molecule has 3 aromatic rings. The van der Waals surface area contributed by atoms with Gasteiger partial charge >= 0.3 is 0 Å².